The maximum Gasteiger partial charge on any atom is 0.144 e. The van der Waals surface area contributed by atoms with E-state index in [0.717, 1.165) is 5.56 Å². The minimum Gasteiger partial charge on any atom is -0.507 e. The second-order valence-corrected chi connectivity index (χ2v) is 8.98. The summed E-state index contributed by atoms with van der Waals surface area (Å²) in [4.78, 5) is 0.223. The number of benzene rings is 2. The Morgan fingerprint density at radius 1 is 1.10 bits per heavy atom. The molecule has 158 valence electrons. The molecule has 1 unspecified atom stereocenters. The van der Waals surface area contributed by atoms with Gasteiger partial charge in [-0.2, -0.15) is 0 Å². The van der Waals surface area contributed by atoms with Crippen molar-refractivity contribution in [3.63, 3.8) is 0 Å². The molecule has 1 atom stereocenters. The van der Waals surface area contributed by atoms with Crippen molar-refractivity contribution in [3.8, 4) is 17.2 Å². The molecule has 2 aromatic rings. The highest BCUT2D eigenvalue weighted by molar-refractivity contribution is 7.89. The van der Waals surface area contributed by atoms with Gasteiger partial charge in [0.25, 0.3) is 0 Å². The smallest absolute Gasteiger partial charge is 0.144 e. The van der Waals surface area contributed by atoms with Crippen LogP contribution < -0.4 is 26.1 Å². The highest BCUT2D eigenvalue weighted by Crippen LogP contribution is 2.34. The maximum atomic E-state index is 13.0. The molecule has 0 radical (unpaired) electrons. The normalized spacial score (nSPS) is 13.5. The summed E-state index contributed by atoms with van der Waals surface area (Å²) in [6, 6.07) is 10.2. The van der Waals surface area contributed by atoms with E-state index in [1.165, 1.54) is 12.1 Å². The number of methoxy groups -OCH3 is 2. The molecule has 0 bridgehead atoms. The van der Waals surface area contributed by atoms with Crippen LogP contribution in [0.25, 0.3) is 0 Å². The van der Waals surface area contributed by atoms with Gasteiger partial charge in [0.15, 0.2) is 0 Å². The zero-order valence-corrected chi connectivity index (χ0v) is 18.5. The summed E-state index contributed by atoms with van der Waals surface area (Å²) in [6.07, 6.45) is 0. The molecule has 0 amide bonds. The Morgan fingerprint density at radius 2 is 1.76 bits per heavy atom. The minimum absolute atomic E-state index is 0.0242. The Hall–Kier alpha value is -2.71. The molecular weight excluding hydrogens is 390 g/mol. The predicted molar refractivity (Wildman–Crippen MR) is 116 cm³/mol. The van der Waals surface area contributed by atoms with E-state index < -0.39 is 10.8 Å². The van der Waals surface area contributed by atoms with Crippen LogP contribution in [0.15, 0.2) is 52.0 Å². The summed E-state index contributed by atoms with van der Waals surface area (Å²) in [5, 5.41) is 11.7. The second kappa shape index (κ2) is 8.75. The van der Waals surface area contributed by atoms with Gasteiger partial charge in [0.1, 0.15) is 38.8 Å². The van der Waals surface area contributed by atoms with E-state index in [4.69, 9.17) is 21.1 Å². The van der Waals surface area contributed by atoms with E-state index in [-0.39, 0.29) is 21.1 Å². The van der Waals surface area contributed by atoms with E-state index >= 15 is 0 Å². The standard InChI is InChI=1S/C21H29N3O4S/c1-13(24(23)16-12-15(27-5)8-9-18(16)28-6)20(22)29(26)19-10-7-14(11-17(19)25)21(2,3)4/h7-12,25H,22-23H2,1-6H3/b20-13+. The monoisotopic (exact) mass is 419 g/mol. The summed E-state index contributed by atoms with van der Waals surface area (Å²) < 4.78 is 23.6. The van der Waals surface area contributed by atoms with Gasteiger partial charge in [-0.25, -0.2) is 10.1 Å². The first-order valence-corrected chi connectivity index (χ1v) is 10.1. The van der Waals surface area contributed by atoms with Gasteiger partial charge in [0.2, 0.25) is 0 Å². The van der Waals surface area contributed by atoms with Gasteiger partial charge in [0, 0.05) is 6.07 Å². The number of hydrazine groups is 1. The van der Waals surface area contributed by atoms with E-state index in [0.29, 0.717) is 22.9 Å². The van der Waals surface area contributed by atoms with Crippen LogP contribution in [0.1, 0.15) is 33.3 Å². The van der Waals surface area contributed by atoms with Crippen molar-refractivity contribution in [2.45, 2.75) is 38.0 Å². The molecule has 0 saturated heterocycles. The van der Waals surface area contributed by atoms with Crippen LogP contribution in [0, 0.1) is 0 Å². The van der Waals surface area contributed by atoms with Gasteiger partial charge < -0.3 is 20.3 Å². The highest BCUT2D eigenvalue weighted by Gasteiger charge is 2.21. The summed E-state index contributed by atoms with van der Waals surface area (Å²) in [5.74, 6) is 7.25. The lowest BCUT2D eigenvalue weighted by Gasteiger charge is -2.24. The van der Waals surface area contributed by atoms with Crippen molar-refractivity contribution >= 4 is 16.5 Å². The van der Waals surface area contributed by atoms with Gasteiger partial charge in [-0.3, -0.25) is 5.01 Å². The lowest BCUT2D eigenvalue weighted by Crippen LogP contribution is -2.32. The van der Waals surface area contributed by atoms with Crippen LogP contribution in [-0.2, 0) is 16.2 Å². The summed E-state index contributed by atoms with van der Waals surface area (Å²) in [6.45, 7) is 7.74. The van der Waals surface area contributed by atoms with Crippen LogP contribution in [0.2, 0.25) is 0 Å². The average molecular weight is 420 g/mol. The van der Waals surface area contributed by atoms with Crippen LogP contribution in [-0.4, -0.2) is 23.5 Å². The fourth-order valence-electron chi connectivity index (χ4n) is 2.68. The molecule has 0 saturated carbocycles. The van der Waals surface area contributed by atoms with Crippen molar-refractivity contribution in [1.82, 2.24) is 0 Å². The van der Waals surface area contributed by atoms with Crippen molar-refractivity contribution in [2.24, 2.45) is 11.6 Å². The maximum absolute atomic E-state index is 13.0. The van der Waals surface area contributed by atoms with Crippen molar-refractivity contribution < 1.29 is 18.8 Å². The number of allylic oxidation sites excluding steroid dienone is 1. The summed E-state index contributed by atoms with van der Waals surface area (Å²) in [7, 11) is 1.27. The second-order valence-electron chi connectivity index (χ2n) is 7.56. The van der Waals surface area contributed by atoms with Crippen LogP contribution >= 0.6 is 0 Å². The van der Waals surface area contributed by atoms with Crippen LogP contribution in [0.5, 0.6) is 17.2 Å². The van der Waals surface area contributed by atoms with Gasteiger partial charge in [-0.1, -0.05) is 26.8 Å². The molecule has 5 N–H and O–H groups in total. The third kappa shape index (κ3) is 4.83. The number of ether oxygens (including phenoxy) is 2. The largest absolute Gasteiger partial charge is 0.507 e. The lowest BCUT2D eigenvalue weighted by molar-refractivity contribution is 0.403. The molecule has 0 heterocycles. The van der Waals surface area contributed by atoms with Gasteiger partial charge in [0.05, 0.1) is 24.8 Å². The molecule has 8 heteroatoms. The zero-order valence-electron chi connectivity index (χ0n) is 17.6. The predicted octanol–water partition coefficient (Wildman–Crippen LogP) is 3.34. The van der Waals surface area contributed by atoms with E-state index in [2.05, 4.69) is 0 Å². The van der Waals surface area contributed by atoms with Crippen molar-refractivity contribution in [1.29, 1.82) is 0 Å². The molecule has 0 fully saturated rings. The first-order chi connectivity index (χ1) is 13.5. The first kappa shape index (κ1) is 22.6. The number of rotatable bonds is 6. The third-order valence-corrected chi connectivity index (χ3v) is 6.03. The Kier molecular flexibility index (Phi) is 6.81. The number of hydrogen-bond donors (Lipinski definition) is 3. The summed E-state index contributed by atoms with van der Waals surface area (Å²) in [5.41, 5.74) is 7.79. The van der Waals surface area contributed by atoms with E-state index in [1.54, 1.807) is 44.4 Å². The fraction of sp³-hybridized carbons (Fsp3) is 0.333. The average Bonchev–Trinajstić information content (AvgIpc) is 2.70. The SMILES string of the molecule is COc1ccc(OC)c(N(N)/C(C)=C(\N)S(=O)c2ccc(C(C)(C)C)cc2O)c1. The van der Waals surface area contributed by atoms with Gasteiger partial charge in [-0.05, 0) is 42.2 Å². The molecule has 0 aromatic heterocycles. The molecule has 0 spiro atoms. The number of hydrogen-bond acceptors (Lipinski definition) is 7. The van der Waals surface area contributed by atoms with Crippen LogP contribution in [0.4, 0.5) is 5.69 Å². The first-order valence-electron chi connectivity index (χ1n) is 8.99. The van der Waals surface area contributed by atoms with E-state index in [9.17, 15) is 9.32 Å². The molecule has 29 heavy (non-hydrogen) atoms. The molecule has 2 rings (SSSR count). The highest BCUT2D eigenvalue weighted by atomic mass is 32.2. The molecule has 0 aliphatic carbocycles. The van der Waals surface area contributed by atoms with Gasteiger partial charge >= 0.3 is 0 Å². The molecule has 7 nitrogen and oxygen atoms in total. The molecule has 0 aliphatic heterocycles. The topological polar surface area (TPSA) is 111 Å². The Morgan fingerprint density at radius 3 is 2.28 bits per heavy atom. The Balaban J connectivity index is 2.44. The zero-order chi connectivity index (χ0) is 21.9. The quantitative estimate of drug-likeness (QED) is 0.486. The van der Waals surface area contributed by atoms with Crippen molar-refractivity contribution in [3.05, 3.63) is 52.7 Å². The number of nitrogens with two attached hydrogens (primary N) is 2. The Bertz CT molecular complexity index is 951. The van der Waals surface area contributed by atoms with E-state index in [1.807, 2.05) is 26.8 Å². The number of aromatic hydroxyl groups is 1. The number of phenols is 1. The lowest BCUT2D eigenvalue weighted by atomic mass is 9.87. The molecule has 0 aliphatic rings. The number of anilines is 1. The number of nitrogens with zero attached hydrogens (tertiary/aromatic N) is 1. The fourth-order valence-corrected chi connectivity index (χ4v) is 3.72. The minimum atomic E-state index is -1.80. The molecule has 2 aromatic carbocycles. The van der Waals surface area contributed by atoms with Crippen molar-refractivity contribution in [2.75, 3.05) is 19.2 Å². The third-order valence-electron chi connectivity index (χ3n) is 4.59. The molecular formula is C21H29N3O4S. The van der Waals surface area contributed by atoms with Gasteiger partial charge in [-0.15, -0.1) is 0 Å². The Labute approximate surface area is 174 Å². The number of phenolic OH excluding ortho intramolecular Hbond substituents is 1. The summed E-state index contributed by atoms with van der Waals surface area (Å²) >= 11 is 0. The van der Waals surface area contributed by atoms with Crippen LogP contribution in [0.3, 0.4) is 0 Å².